The Balaban J connectivity index is 1.40. The predicted molar refractivity (Wildman–Crippen MR) is 149 cm³/mol. The van der Waals surface area contributed by atoms with E-state index in [9.17, 15) is 9.59 Å². The number of carbonyl (C=O) groups is 2. The fourth-order valence-corrected chi connectivity index (χ4v) is 4.99. The summed E-state index contributed by atoms with van der Waals surface area (Å²) in [5.74, 6) is -0.398. The third-order valence-corrected chi connectivity index (χ3v) is 7.28. The van der Waals surface area contributed by atoms with Crippen LogP contribution in [-0.4, -0.2) is 21.5 Å². The fraction of sp³-hybridized carbons (Fsp3) is 0.0741. The zero-order valence-electron chi connectivity index (χ0n) is 19.1. The number of halogens is 2. The standard InChI is InChI=1S/C27H20Cl2N4O2S/c1-16-9-11-18(12-10-16)30-24(34)15-33-14-17(19-5-2-3-8-22(19)33)13-23-26(35)32-27(36-23)31-21-7-4-6-20(28)25(21)29/h2-14H,15H2,1H3,(H,30,34)(H,31,32,35)/b23-13+. The van der Waals surface area contributed by atoms with Gasteiger partial charge in [0, 0.05) is 28.4 Å². The molecule has 6 nitrogen and oxygen atoms in total. The van der Waals surface area contributed by atoms with E-state index in [0.29, 0.717) is 25.8 Å². The van der Waals surface area contributed by atoms with Crippen LogP contribution in [0.3, 0.4) is 0 Å². The maximum Gasteiger partial charge on any atom is 0.264 e. The van der Waals surface area contributed by atoms with Crippen molar-refractivity contribution in [3.05, 3.63) is 99.0 Å². The van der Waals surface area contributed by atoms with Crippen LogP contribution >= 0.6 is 35.0 Å². The predicted octanol–water partition coefficient (Wildman–Crippen LogP) is 6.79. The van der Waals surface area contributed by atoms with Crippen LogP contribution in [0.5, 0.6) is 0 Å². The lowest BCUT2D eigenvalue weighted by atomic mass is 10.1. The Morgan fingerprint density at radius 1 is 1.08 bits per heavy atom. The summed E-state index contributed by atoms with van der Waals surface area (Å²) in [5.41, 5.74) is 4.07. The normalized spacial score (nSPS) is 15.6. The van der Waals surface area contributed by atoms with E-state index in [2.05, 4.69) is 15.6 Å². The fourth-order valence-electron chi connectivity index (χ4n) is 3.82. The van der Waals surface area contributed by atoms with E-state index < -0.39 is 0 Å². The Bertz CT molecular complexity index is 1560. The quantitative estimate of drug-likeness (QED) is 0.277. The molecule has 0 unspecified atom stereocenters. The molecule has 0 aliphatic carbocycles. The molecule has 180 valence electrons. The molecule has 36 heavy (non-hydrogen) atoms. The van der Waals surface area contributed by atoms with E-state index in [-0.39, 0.29) is 18.4 Å². The van der Waals surface area contributed by atoms with Crippen LogP contribution in [0, 0.1) is 6.92 Å². The van der Waals surface area contributed by atoms with Gasteiger partial charge >= 0.3 is 0 Å². The van der Waals surface area contributed by atoms with Crippen LogP contribution in [-0.2, 0) is 16.1 Å². The lowest BCUT2D eigenvalue weighted by molar-refractivity contribution is -0.117. The van der Waals surface area contributed by atoms with Gasteiger partial charge in [0.25, 0.3) is 5.91 Å². The van der Waals surface area contributed by atoms with Gasteiger partial charge in [0.05, 0.1) is 20.6 Å². The Morgan fingerprint density at radius 2 is 1.86 bits per heavy atom. The summed E-state index contributed by atoms with van der Waals surface area (Å²) in [6, 6.07) is 20.6. The number of hydrogen-bond acceptors (Lipinski definition) is 4. The molecule has 5 rings (SSSR count). The summed E-state index contributed by atoms with van der Waals surface area (Å²) in [6.45, 7) is 2.13. The van der Waals surface area contributed by atoms with Crippen molar-refractivity contribution < 1.29 is 9.59 Å². The molecule has 1 aliphatic heterocycles. The average molecular weight is 535 g/mol. The second-order valence-electron chi connectivity index (χ2n) is 8.20. The third kappa shape index (κ3) is 5.18. The maximum absolute atomic E-state index is 12.7. The number of hydrogen-bond donors (Lipinski definition) is 2. The summed E-state index contributed by atoms with van der Waals surface area (Å²) in [4.78, 5) is 30.3. The molecule has 3 aromatic carbocycles. The first kappa shape index (κ1) is 24.2. The molecule has 0 bridgehead atoms. The number of carbonyl (C=O) groups excluding carboxylic acids is 2. The SMILES string of the molecule is Cc1ccc(NC(=O)Cn2cc(/C=C3/SC(=Nc4cccc(Cl)c4Cl)NC3=O)c3ccccc32)cc1. The molecule has 1 saturated heterocycles. The molecule has 1 aromatic heterocycles. The van der Waals surface area contributed by atoms with Gasteiger partial charge < -0.3 is 15.2 Å². The molecular formula is C27H20Cl2N4O2S. The van der Waals surface area contributed by atoms with Crippen molar-refractivity contribution in [2.75, 3.05) is 5.32 Å². The highest BCUT2D eigenvalue weighted by atomic mass is 35.5. The maximum atomic E-state index is 12.7. The Hall–Kier alpha value is -3.52. The molecule has 0 spiro atoms. The lowest BCUT2D eigenvalue weighted by Crippen LogP contribution is -2.19. The van der Waals surface area contributed by atoms with Gasteiger partial charge in [-0.2, -0.15) is 0 Å². The molecule has 9 heteroatoms. The average Bonchev–Trinajstić information content (AvgIpc) is 3.38. The van der Waals surface area contributed by atoms with Crippen molar-refractivity contribution in [3.63, 3.8) is 0 Å². The minimum absolute atomic E-state index is 0.136. The van der Waals surface area contributed by atoms with Gasteiger partial charge in [0.1, 0.15) is 6.54 Å². The molecule has 2 N–H and O–H groups in total. The van der Waals surface area contributed by atoms with Gasteiger partial charge in [0.15, 0.2) is 5.17 Å². The molecule has 4 aromatic rings. The summed E-state index contributed by atoms with van der Waals surface area (Å²) in [7, 11) is 0. The van der Waals surface area contributed by atoms with E-state index in [1.807, 2.05) is 66.2 Å². The smallest absolute Gasteiger partial charge is 0.264 e. The van der Waals surface area contributed by atoms with Gasteiger partial charge in [-0.3, -0.25) is 9.59 Å². The largest absolute Gasteiger partial charge is 0.337 e. The number of nitrogens with zero attached hydrogens (tertiary/aromatic N) is 2. The number of aliphatic imine (C=N–C) groups is 1. The summed E-state index contributed by atoms with van der Waals surface area (Å²) in [6.07, 6.45) is 3.68. The number of amidine groups is 1. The highest BCUT2D eigenvalue weighted by Gasteiger charge is 2.25. The number of thioether (sulfide) groups is 1. The van der Waals surface area contributed by atoms with Gasteiger partial charge in [-0.1, -0.05) is 65.2 Å². The first-order chi connectivity index (χ1) is 17.4. The zero-order valence-corrected chi connectivity index (χ0v) is 21.4. The number of benzene rings is 3. The Labute approximate surface area is 222 Å². The number of nitrogens with one attached hydrogen (secondary N) is 2. The van der Waals surface area contributed by atoms with Crippen molar-refractivity contribution in [3.8, 4) is 0 Å². The van der Waals surface area contributed by atoms with Crippen LogP contribution in [0.15, 0.2) is 82.8 Å². The Kier molecular flexibility index (Phi) is 6.87. The molecule has 2 heterocycles. The molecule has 0 saturated carbocycles. The second-order valence-corrected chi connectivity index (χ2v) is 10.0. The van der Waals surface area contributed by atoms with E-state index in [1.54, 1.807) is 24.3 Å². The van der Waals surface area contributed by atoms with Crippen molar-refractivity contribution in [2.45, 2.75) is 13.5 Å². The van der Waals surface area contributed by atoms with Crippen LogP contribution in [0.2, 0.25) is 10.0 Å². The topological polar surface area (TPSA) is 75.5 Å². The summed E-state index contributed by atoms with van der Waals surface area (Å²) in [5, 5.41) is 7.77. The molecular weight excluding hydrogens is 515 g/mol. The minimum atomic E-state index is -0.258. The van der Waals surface area contributed by atoms with E-state index in [4.69, 9.17) is 23.2 Å². The molecule has 0 radical (unpaired) electrons. The highest BCUT2D eigenvalue weighted by molar-refractivity contribution is 8.18. The van der Waals surface area contributed by atoms with Crippen LogP contribution in [0.25, 0.3) is 17.0 Å². The number of rotatable bonds is 5. The van der Waals surface area contributed by atoms with Gasteiger partial charge in [-0.15, -0.1) is 0 Å². The Morgan fingerprint density at radius 3 is 2.67 bits per heavy atom. The molecule has 2 amide bonds. The van der Waals surface area contributed by atoms with Crippen LogP contribution in [0.1, 0.15) is 11.1 Å². The lowest BCUT2D eigenvalue weighted by Gasteiger charge is -2.07. The number of para-hydroxylation sites is 1. The molecule has 0 atom stereocenters. The number of amides is 2. The minimum Gasteiger partial charge on any atom is -0.337 e. The van der Waals surface area contributed by atoms with Crippen molar-refractivity contribution >= 4 is 80.3 Å². The van der Waals surface area contributed by atoms with Crippen molar-refractivity contribution in [1.29, 1.82) is 0 Å². The summed E-state index contributed by atoms with van der Waals surface area (Å²) >= 11 is 13.5. The summed E-state index contributed by atoms with van der Waals surface area (Å²) < 4.78 is 1.88. The van der Waals surface area contributed by atoms with Gasteiger partial charge in [0.2, 0.25) is 5.91 Å². The second kappa shape index (κ2) is 10.2. The third-order valence-electron chi connectivity index (χ3n) is 5.56. The molecule has 1 aliphatic rings. The van der Waals surface area contributed by atoms with Crippen LogP contribution in [0.4, 0.5) is 11.4 Å². The van der Waals surface area contributed by atoms with Crippen molar-refractivity contribution in [2.24, 2.45) is 4.99 Å². The zero-order chi connectivity index (χ0) is 25.2. The van der Waals surface area contributed by atoms with E-state index in [1.165, 1.54) is 11.8 Å². The number of aromatic nitrogens is 1. The monoisotopic (exact) mass is 534 g/mol. The number of fused-ring (bicyclic) bond motifs is 1. The highest BCUT2D eigenvalue weighted by Crippen LogP contribution is 2.35. The molecule has 1 fully saturated rings. The van der Waals surface area contributed by atoms with Crippen LogP contribution < -0.4 is 10.6 Å². The van der Waals surface area contributed by atoms with Crippen molar-refractivity contribution in [1.82, 2.24) is 9.88 Å². The van der Waals surface area contributed by atoms with E-state index in [0.717, 1.165) is 27.7 Å². The number of anilines is 1. The first-order valence-electron chi connectivity index (χ1n) is 11.1. The van der Waals surface area contributed by atoms with Gasteiger partial charge in [-0.05, 0) is 55.1 Å². The number of aryl methyl sites for hydroxylation is 1. The van der Waals surface area contributed by atoms with Gasteiger partial charge in [-0.25, -0.2) is 4.99 Å². The van der Waals surface area contributed by atoms with E-state index >= 15 is 0 Å². The first-order valence-corrected chi connectivity index (χ1v) is 12.6.